The van der Waals surface area contributed by atoms with Crippen LogP contribution in [0.5, 0.6) is 0 Å². The second kappa shape index (κ2) is 12.7. The van der Waals surface area contributed by atoms with Crippen molar-refractivity contribution in [1.82, 2.24) is 19.5 Å². The molecule has 3 heterocycles. The Morgan fingerprint density at radius 2 is 1.93 bits per heavy atom. The summed E-state index contributed by atoms with van der Waals surface area (Å²) >= 11 is 0. The number of fused-ring (bicyclic) bond motifs is 1. The molecule has 2 amide bonds. The molecule has 1 aliphatic heterocycles. The molecule has 0 radical (unpaired) electrons. The molecule has 1 unspecified atom stereocenters. The van der Waals surface area contributed by atoms with Crippen molar-refractivity contribution in [3.05, 3.63) is 71.2 Å². The van der Waals surface area contributed by atoms with Crippen LogP contribution < -0.4 is 16.4 Å². The first kappa shape index (κ1) is 31.1. The van der Waals surface area contributed by atoms with Gasteiger partial charge in [0.15, 0.2) is 5.82 Å². The highest BCUT2D eigenvalue weighted by molar-refractivity contribution is 6.00. The normalized spacial score (nSPS) is 15.9. The summed E-state index contributed by atoms with van der Waals surface area (Å²) in [5, 5.41) is 18.1. The van der Waals surface area contributed by atoms with Crippen LogP contribution in [0.3, 0.4) is 0 Å². The smallest absolute Gasteiger partial charge is 0.394 e. The van der Waals surface area contributed by atoms with Crippen LogP contribution in [0.2, 0.25) is 0 Å². The number of carbonyl (C=O) groups is 1. The van der Waals surface area contributed by atoms with Gasteiger partial charge in [-0.25, -0.2) is 23.1 Å². The fraction of sp³-hybridized carbons (Fsp3) is 0.321. The number of anilines is 3. The van der Waals surface area contributed by atoms with Crippen molar-refractivity contribution >= 4 is 28.7 Å². The van der Waals surface area contributed by atoms with Gasteiger partial charge in [-0.3, -0.25) is 4.90 Å². The third kappa shape index (κ3) is 6.42. The molecule has 11 nitrogen and oxygen atoms in total. The topological polar surface area (TPSA) is 139 Å². The number of nitrogens with two attached hydrogens (primary N) is 1. The monoisotopic (exact) mass is 621 g/mol. The largest absolute Gasteiger partial charge is 0.416 e. The van der Waals surface area contributed by atoms with Crippen LogP contribution >= 0.6 is 0 Å². The van der Waals surface area contributed by atoms with Gasteiger partial charge in [0.2, 0.25) is 0 Å². The predicted molar refractivity (Wildman–Crippen MR) is 150 cm³/mol. The molecule has 16 heteroatoms. The third-order valence-corrected chi connectivity index (χ3v) is 7.10. The number of nitrogens with one attached hydrogen (secondary N) is 2. The van der Waals surface area contributed by atoms with Gasteiger partial charge in [0.25, 0.3) is 0 Å². The van der Waals surface area contributed by atoms with Crippen LogP contribution in [0.1, 0.15) is 16.8 Å². The Hall–Kier alpha value is -4.38. The molecule has 44 heavy (non-hydrogen) atoms. The molecule has 0 saturated carbocycles. The first-order chi connectivity index (χ1) is 21.0. The number of hydrogen-bond donors (Lipinski definition) is 4. The van der Waals surface area contributed by atoms with E-state index >= 15 is 4.39 Å². The highest BCUT2D eigenvalue weighted by atomic mass is 19.4. The fourth-order valence-corrected chi connectivity index (χ4v) is 5.09. The maximum Gasteiger partial charge on any atom is 0.416 e. The molecular formula is C28H28F5N7O4. The molecule has 0 bridgehead atoms. The Balaban J connectivity index is 1.46. The van der Waals surface area contributed by atoms with Gasteiger partial charge in [0, 0.05) is 37.9 Å². The number of ether oxygens (including phenoxy) is 2. The van der Waals surface area contributed by atoms with E-state index in [4.69, 9.17) is 15.2 Å². The van der Waals surface area contributed by atoms with Crippen LogP contribution in [0, 0.1) is 11.6 Å². The zero-order valence-electron chi connectivity index (χ0n) is 23.3. The molecule has 5 rings (SSSR count). The summed E-state index contributed by atoms with van der Waals surface area (Å²) in [6, 6.07) is 4.29. The summed E-state index contributed by atoms with van der Waals surface area (Å²) in [5.74, 6) is -1.87. The molecule has 0 spiro atoms. The Labute approximate surface area is 247 Å². The van der Waals surface area contributed by atoms with Gasteiger partial charge >= 0.3 is 12.2 Å². The Kier molecular flexibility index (Phi) is 8.96. The molecule has 5 N–H and O–H groups in total. The van der Waals surface area contributed by atoms with Crippen molar-refractivity contribution in [3.63, 3.8) is 0 Å². The van der Waals surface area contributed by atoms with Gasteiger partial charge in [0.1, 0.15) is 23.5 Å². The van der Waals surface area contributed by atoms with E-state index in [0.717, 1.165) is 6.07 Å². The van der Waals surface area contributed by atoms with Gasteiger partial charge in [-0.2, -0.15) is 18.3 Å². The van der Waals surface area contributed by atoms with Crippen LogP contribution in [-0.2, 0) is 28.8 Å². The summed E-state index contributed by atoms with van der Waals surface area (Å²) in [4.78, 5) is 18.7. The minimum absolute atomic E-state index is 0.105. The summed E-state index contributed by atoms with van der Waals surface area (Å²) in [6.45, 7) is 1.83. The number of aliphatic hydroxyl groups excluding tert-OH is 1. The molecule has 2 aromatic heterocycles. The summed E-state index contributed by atoms with van der Waals surface area (Å²) in [7, 11) is 1.50. The number of hydrogen-bond acceptors (Lipinski definition) is 8. The predicted octanol–water partition coefficient (Wildman–Crippen LogP) is 4.26. The number of urea groups is 1. The summed E-state index contributed by atoms with van der Waals surface area (Å²) < 4.78 is 81.2. The zero-order valence-corrected chi connectivity index (χ0v) is 23.3. The van der Waals surface area contributed by atoms with E-state index in [1.807, 2.05) is 5.32 Å². The van der Waals surface area contributed by atoms with Crippen molar-refractivity contribution in [1.29, 1.82) is 0 Å². The number of morpholine rings is 1. The Morgan fingerprint density at radius 1 is 1.16 bits per heavy atom. The average molecular weight is 622 g/mol. The van der Waals surface area contributed by atoms with E-state index in [1.54, 1.807) is 4.52 Å². The highest BCUT2D eigenvalue weighted by Gasteiger charge is 2.31. The summed E-state index contributed by atoms with van der Waals surface area (Å²) in [5.41, 5.74) is 6.66. The molecule has 1 saturated heterocycles. The number of nitrogen functional groups attached to an aromatic ring is 1. The standard InChI is InChI=1S/C28H28F5N7O4/c1-43-13-18-23(11-39-6-7-44-17(10-39)12-41)40-25(26(34)35-14-36-40)24(18)15-2-5-21(20(30)8-15)37-27(42)38-22-9-16(28(31,32)33)3-4-19(22)29/h2-5,8-9,14,17,41H,6-7,10-13H2,1H3,(H2,34,35,36)(H2,37,38,42). The maximum absolute atomic E-state index is 15.4. The van der Waals surface area contributed by atoms with Gasteiger partial charge < -0.3 is 30.9 Å². The van der Waals surface area contributed by atoms with Gasteiger partial charge in [-0.1, -0.05) is 6.07 Å². The van der Waals surface area contributed by atoms with E-state index < -0.39 is 35.1 Å². The van der Waals surface area contributed by atoms with Crippen molar-refractivity contribution < 1.29 is 41.3 Å². The van der Waals surface area contributed by atoms with E-state index in [-0.39, 0.29) is 30.8 Å². The lowest BCUT2D eigenvalue weighted by Gasteiger charge is -2.32. The van der Waals surface area contributed by atoms with Crippen LogP contribution in [0.15, 0.2) is 42.7 Å². The number of methoxy groups -OCH3 is 1. The van der Waals surface area contributed by atoms with Gasteiger partial charge in [-0.15, -0.1) is 0 Å². The fourth-order valence-electron chi connectivity index (χ4n) is 5.09. The lowest BCUT2D eigenvalue weighted by molar-refractivity contribution is -0.137. The molecule has 4 aromatic rings. The second-order valence-electron chi connectivity index (χ2n) is 10.0. The number of aliphatic hydroxyl groups is 1. The number of nitrogens with zero attached hydrogens (tertiary/aromatic N) is 4. The third-order valence-electron chi connectivity index (χ3n) is 7.10. The molecule has 234 valence electrons. The number of benzene rings is 2. The van der Waals surface area contributed by atoms with Crippen molar-refractivity contribution in [2.75, 3.05) is 49.8 Å². The molecule has 1 aliphatic rings. The Morgan fingerprint density at radius 3 is 2.64 bits per heavy atom. The van der Waals surface area contributed by atoms with Crippen LogP contribution in [0.25, 0.3) is 16.6 Å². The number of amides is 2. The lowest BCUT2D eigenvalue weighted by atomic mass is 10.00. The number of aromatic nitrogens is 3. The van der Waals surface area contributed by atoms with E-state index in [9.17, 15) is 27.5 Å². The molecule has 1 atom stereocenters. The quantitative estimate of drug-likeness (QED) is 0.214. The number of alkyl halides is 3. The molecular weight excluding hydrogens is 593 g/mol. The molecule has 1 fully saturated rings. The maximum atomic E-state index is 15.4. The second-order valence-corrected chi connectivity index (χ2v) is 10.0. The lowest BCUT2D eigenvalue weighted by Crippen LogP contribution is -2.43. The van der Waals surface area contributed by atoms with E-state index in [1.165, 1.54) is 25.6 Å². The number of rotatable bonds is 8. The highest BCUT2D eigenvalue weighted by Crippen LogP contribution is 2.38. The zero-order chi connectivity index (χ0) is 31.6. The average Bonchev–Trinajstić information content (AvgIpc) is 3.28. The van der Waals surface area contributed by atoms with Crippen molar-refractivity contribution in [3.8, 4) is 11.1 Å². The van der Waals surface area contributed by atoms with Crippen molar-refractivity contribution in [2.24, 2.45) is 0 Å². The minimum atomic E-state index is -4.76. The number of carbonyl (C=O) groups excluding carboxylic acids is 1. The Bertz CT molecular complexity index is 1680. The summed E-state index contributed by atoms with van der Waals surface area (Å²) in [6.07, 6.45) is -3.82. The first-order valence-corrected chi connectivity index (χ1v) is 13.3. The molecule has 0 aliphatic carbocycles. The van der Waals surface area contributed by atoms with Crippen LogP contribution in [0.4, 0.5) is 43.9 Å². The number of halogens is 5. The first-order valence-electron chi connectivity index (χ1n) is 13.3. The SMILES string of the molecule is COCc1c(-c2ccc(NC(=O)Nc3cc(C(F)(F)F)ccc3F)c(F)c2)c2c(N)ncnn2c1CN1CCOC(CO)C1. The van der Waals surface area contributed by atoms with Gasteiger partial charge in [0.05, 0.1) is 48.6 Å². The van der Waals surface area contributed by atoms with Crippen LogP contribution in [-0.4, -0.2) is 70.2 Å². The van der Waals surface area contributed by atoms with E-state index in [0.29, 0.717) is 72.3 Å². The minimum Gasteiger partial charge on any atom is -0.394 e. The van der Waals surface area contributed by atoms with E-state index in [2.05, 4.69) is 20.3 Å². The molecule has 2 aromatic carbocycles. The van der Waals surface area contributed by atoms with Gasteiger partial charge in [-0.05, 0) is 35.9 Å². The van der Waals surface area contributed by atoms with Crippen molar-refractivity contribution in [2.45, 2.75) is 25.4 Å².